The number of carboxylic acids is 1. The van der Waals surface area contributed by atoms with E-state index in [0.29, 0.717) is 0 Å². The van der Waals surface area contributed by atoms with E-state index in [1.807, 2.05) is 31.2 Å². The van der Waals surface area contributed by atoms with Crippen LogP contribution in [0.25, 0.3) is 5.69 Å². The van der Waals surface area contributed by atoms with Gasteiger partial charge in [-0.25, -0.2) is 9.48 Å². The first-order valence-electron chi connectivity index (χ1n) is 5.07. The monoisotopic (exact) mass is 232 g/mol. The second kappa shape index (κ2) is 4.29. The molecule has 0 fully saturated rings. The molecule has 0 atom stereocenters. The number of aromatic nitrogens is 2. The van der Waals surface area contributed by atoms with Crippen LogP contribution in [0.5, 0.6) is 5.88 Å². The van der Waals surface area contributed by atoms with Crippen LogP contribution in [0.4, 0.5) is 0 Å². The lowest BCUT2D eigenvalue weighted by atomic mass is 10.2. The molecule has 0 unspecified atom stereocenters. The highest BCUT2D eigenvalue weighted by atomic mass is 16.5. The number of rotatable bonds is 3. The summed E-state index contributed by atoms with van der Waals surface area (Å²) in [6.45, 7) is 1.90. The van der Waals surface area contributed by atoms with E-state index in [0.717, 1.165) is 11.3 Å². The van der Waals surface area contributed by atoms with Gasteiger partial charge in [-0.3, -0.25) is 0 Å². The molecular weight excluding hydrogens is 220 g/mol. The van der Waals surface area contributed by atoms with Crippen molar-refractivity contribution in [2.45, 2.75) is 6.92 Å². The fraction of sp³-hybridized carbons (Fsp3) is 0.167. The minimum atomic E-state index is -1.04. The Morgan fingerprint density at radius 3 is 2.71 bits per heavy atom. The van der Waals surface area contributed by atoms with Crippen molar-refractivity contribution in [2.75, 3.05) is 7.11 Å². The van der Waals surface area contributed by atoms with Gasteiger partial charge in [-0.15, -0.1) is 5.10 Å². The summed E-state index contributed by atoms with van der Waals surface area (Å²) in [4.78, 5) is 11.1. The third kappa shape index (κ3) is 1.99. The first-order valence-corrected chi connectivity index (χ1v) is 5.07. The molecule has 0 aliphatic heterocycles. The molecule has 17 heavy (non-hydrogen) atoms. The Morgan fingerprint density at radius 1 is 1.41 bits per heavy atom. The lowest BCUT2D eigenvalue weighted by molar-refractivity contribution is 0.0687. The number of hydrogen-bond donors (Lipinski definition) is 1. The van der Waals surface area contributed by atoms with Crippen LogP contribution in [-0.4, -0.2) is 28.0 Å². The number of para-hydroxylation sites is 1. The number of nitrogens with zero attached hydrogens (tertiary/aromatic N) is 2. The van der Waals surface area contributed by atoms with Crippen LogP contribution in [0.2, 0.25) is 0 Å². The summed E-state index contributed by atoms with van der Waals surface area (Å²) in [5.41, 5.74) is 1.75. The highest BCUT2D eigenvalue weighted by Gasteiger charge is 2.16. The lowest BCUT2D eigenvalue weighted by Crippen LogP contribution is -2.08. The highest BCUT2D eigenvalue weighted by molar-refractivity contribution is 5.86. The zero-order valence-electron chi connectivity index (χ0n) is 9.54. The zero-order chi connectivity index (χ0) is 12.4. The van der Waals surface area contributed by atoms with Gasteiger partial charge in [0.1, 0.15) is 0 Å². The summed E-state index contributed by atoms with van der Waals surface area (Å²) in [5.74, 6) is -0.755. The molecule has 1 aromatic heterocycles. The zero-order valence-corrected chi connectivity index (χ0v) is 9.54. The van der Waals surface area contributed by atoms with Crippen molar-refractivity contribution in [3.05, 3.63) is 41.6 Å². The van der Waals surface area contributed by atoms with Crippen molar-refractivity contribution in [3.8, 4) is 11.6 Å². The van der Waals surface area contributed by atoms with Crippen molar-refractivity contribution < 1.29 is 14.6 Å². The molecule has 0 amide bonds. The summed E-state index contributed by atoms with van der Waals surface area (Å²) in [6, 6.07) is 8.83. The van der Waals surface area contributed by atoms with Gasteiger partial charge >= 0.3 is 5.97 Å². The molecule has 0 saturated heterocycles. The maximum Gasteiger partial charge on any atom is 0.354 e. The quantitative estimate of drug-likeness (QED) is 0.877. The molecule has 1 aromatic carbocycles. The van der Waals surface area contributed by atoms with Crippen LogP contribution in [0, 0.1) is 6.92 Å². The third-order valence-electron chi connectivity index (χ3n) is 2.46. The van der Waals surface area contributed by atoms with E-state index in [9.17, 15) is 4.79 Å². The summed E-state index contributed by atoms with van der Waals surface area (Å²) < 4.78 is 6.32. The standard InChI is InChI=1S/C12H12N2O3/c1-8-5-3-4-6-9(8)14-10(12(15)16)7-11(13-14)17-2/h3-7H,1-2H3,(H,15,16). The van der Waals surface area contributed by atoms with Gasteiger partial charge < -0.3 is 9.84 Å². The fourth-order valence-electron chi connectivity index (χ4n) is 1.60. The SMILES string of the molecule is COc1cc(C(=O)O)n(-c2ccccc2C)n1. The molecular formula is C12H12N2O3. The van der Waals surface area contributed by atoms with Crippen molar-refractivity contribution in [2.24, 2.45) is 0 Å². The predicted molar refractivity (Wildman–Crippen MR) is 61.8 cm³/mol. The number of carbonyl (C=O) groups is 1. The van der Waals surface area contributed by atoms with E-state index in [2.05, 4.69) is 5.10 Å². The molecule has 2 rings (SSSR count). The molecule has 0 bridgehead atoms. The summed E-state index contributed by atoms with van der Waals surface area (Å²) in [6.07, 6.45) is 0. The molecule has 0 radical (unpaired) electrons. The van der Waals surface area contributed by atoms with E-state index in [1.165, 1.54) is 17.9 Å². The Labute approximate surface area is 98.3 Å². The number of methoxy groups -OCH3 is 1. The van der Waals surface area contributed by atoms with E-state index >= 15 is 0 Å². The van der Waals surface area contributed by atoms with E-state index in [4.69, 9.17) is 9.84 Å². The Balaban J connectivity index is 2.62. The first-order chi connectivity index (χ1) is 8.13. The normalized spacial score (nSPS) is 10.2. The summed E-state index contributed by atoms with van der Waals surface area (Å²) in [7, 11) is 1.45. The van der Waals surface area contributed by atoms with Gasteiger partial charge in [0, 0.05) is 6.07 Å². The smallest absolute Gasteiger partial charge is 0.354 e. The maximum absolute atomic E-state index is 11.1. The average Bonchev–Trinajstić information content (AvgIpc) is 2.73. The molecule has 0 saturated carbocycles. The minimum Gasteiger partial charge on any atom is -0.480 e. The number of ether oxygens (including phenoxy) is 1. The van der Waals surface area contributed by atoms with E-state index in [-0.39, 0.29) is 11.6 Å². The molecule has 0 spiro atoms. The van der Waals surface area contributed by atoms with Crippen LogP contribution in [0.15, 0.2) is 30.3 Å². The predicted octanol–water partition coefficient (Wildman–Crippen LogP) is 1.89. The van der Waals surface area contributed by atoms with E-state index in [1.54, 1.807) is 0 Å². The molecule has 0 aliphatic carbocycles. The topological polar surface area (TPSA) is 64.3 Å². The number of aromatic carboxylic acids is 1. The van der Waals surface area contributed by atoms with Crippen molar-refractivity contribution in [3.63, 3.8) is 0 Å². The summed E-state index contributed by atoms with van der Waals surface area (Å²) in [5, 5.41) is 13.2. The van der Waals surface area contributed by atoms with Crippen LogP contribution in [0.3, 0.4) is 0 Å². The molecule has 1 N–H and O–H groups in total. The first kappa shape index (κ1) is 11.2. The Kier molecular flexibility index (Phi) is 2.82. The molecule has 0 aliphatic rings. The van der Waals surface area contributed by atoms with Gasteiger partial charge in [-0.2, -0.15) is 0 Å². The van der Waals surface area contributed by atoms with Gasteiger partial charge in [0.2, 0.25) is 5.88 Å². The lowest BCUT2D eigenvalue weighted by Gasteiger charge is -2.06. The second-order valence-electron chi connectivity index (χ2n) is 3.58. The average molecular weight is 232 g/mol. The van der Waals surface area contributed by atoms with Gasteiger partial charge in [-0.05, 0) is 18.6 Å². The minimum absolute atomic E-state index is 0.0798. The second-order valence-corrected chi connectivity index (χ2v) is 3.58. The largest absolute Gasteiger partial charge is 0.480 e. The van der Waals surface area contributed by atoms with Crippen LogP contribution >= 0.6 is 0 Å². The number of benzene rings is 1. The number of carboxylic acid groups (broad SMARTS) is 1. The van der Waals surface area contributed by atoms with Gasteiger partial charge in [0.15, 0.2) is 5.69 Å². The Hall–Kier alpha value is -2.30. The van der Waals surface area contributed by atoms with Crippen molar-refractivity contribution in [1.29, 1.82) is 0 Å². The molecule has 5 heteroatoms. The van der Waals surface area contributed by atoms with Crippen LogP contribution in [-0.2, 0) is 0 Å². The number of hydrogen-bond acceptors (Lipinski definition) is 3. The Bertz CT molecular complexity index is 561. The highest BCUT2D eigenvalue weighted by Crippen LogP contribution is 2.19. The number of aryl methyl sites for hydroxylation is 1. The van der Waals surface area contributed by atoms with E-state index < -0.39 is 5.97 Å². The molecule has 5 nitrogen and oxygen atoms in total. The maximum atomic E-state index is 11.1. The van der Waals surface area contributed by atoms with Crippen LogP contribution < -0.4 is 4.74 Å². The van der Waals surface area contributed by atoms with Gasteiger partial charge in [0.05, 0.1) is 12.8 Å². The van der Waals surface area contributed by atoms with Crippen molar-refractivity contribution in [1.82, 2.24) is 9.78 Å². The van der Waals surface area contributed by atoms with Gasteiger partial charge in [0.25, 0.3) is 0 Å². The summed E-state index contributed by atoms with van der Waals surface area (Å²) >= 11 is 0. The van der Waals surface area contributed by atoms with Crippen LogP contribution in [0.1, 0.15) is 16.1 Å². The van der Waals surface area contributed by atoms with Gasteiger partial charge in [-0.1, -0.05) is 18.2 Å². The van der Waals surface area contributed by atoms with Crippen molar-refractivity contribution >= 4 is 5.97 Å². The Morgan fingerprint density at radius 2 is 2.12 bits per heavy atom. The molecule has 88 valence electrons. The molecule has 1 heterocycles. The third-order valence-corrected chi connectivity index (χ3v) is 2.46. The fourth-order valence-corrected chi connectivity index (χ4v) is 1.60. The molecule has 2 aromatic rings.